The third-order valence-corrected chi connectivity index (χ3v) is 5.23. The number of amides is 1. The minimum atomic E-state index is -0.860. The molecule has 0 aromatic rings. The van der Waals surface area contributed by atoms with Crippen molar-refractivity contribution in [2.45, 2.75) is 56.5 Å². The van der Waals surface area contributed by atoms with Gasteiger partial charge < -0.3 is 30.9 Å². The molecule has 0 aromatic heterocycles. The molecule has 4 rings (SSSR count). The minimum absolute atomic E-state index is 0.137. The van der Waals surface area contributed by atoms with Gasteiger partial charge >= 0.3 is 0 Å². The van der Waals surface area contributed by atoms with E-state index in [1.807, 2.05) is 24.9 Å². The van der Waals surface area contributed by atoms with Gasteiger partial charge in [-0.1, -0.05) is 0 Å². The summed E-state index contributed by atoms with van der Waals surface area (Å²) in [6, 6.07) is -0.162. The van der Waals surface area contributed by atoms with Gasteiger partial charge in [0.1, 0.15) is 36.5 Å². The van der Waals surface area contributed by atoms with Crippen molar-refractivity contribution in [3.05, 3.63) is 11.8 Å². The number of ether oxygens (including phenoxy) is 1. The number of nitrogens with zero attached hydrogens (tertiary/aromatic N) is 2. The zero-order valence-electron chi connectivity index (χ0n) is 13.6. The summed E-state index contributed by atoms with van der Waals surface area (Å²) in [7, 11) is 0. The molecular formula is C15H23N5O4. The van der Waals surface area contributed by atoms with Crippen LogP contribution in [0.4, 0.5) is 0 Å². The number of aliphatic hydroxyl groups excluding tert-OH is 2. The van der Waals surface area contributed by atoms with E-state index in [4.69, 9.17) is 10.5 Å². The van der Waals surface area contributed by atoms with E-state index in [2.05, 4.69) is 15.6 Å². The van der Waals surface area contributed by atoms with E-state index in [1.165, 1.54) is 0 Å². The van der Waals surface area contributed by atoms with Crippen LogP contribution in [0.1, 0.15) is 13.8 Å². The zero-order chi connectivity index (χ0) is 17.2. The smallest absolute Gasteiger partial charge is 0.238 e. The first-order valence-electron chi connectivity index (χ1n) is 8.25. The van der Waals surface area contributed by atoms with E-state index in [9.17, 15) is 15.0 Å². The number of hydrogen-bond acceptors (Lipinski definition) is 8. The molecule has 0 aromatic carbocycles. The van der Waals surface area contributed by atoms with Crippen molar-refractivity contribution in [1.29, 1.82) is 0 Å². The summed E-state index contributed by atoms with van der Waals surface area (Å²) in [5, 5.41) is 25.7. The maximum Gasteiger partial charge on any atom is 0.238 e. The predicted octanol–water partition coefficient (Wildman–Crippen LogP) is -2.56. The number of aliphatic hydroxyl groups is 2. The van der Waals surface area contributed by atoms with Gasteiger partial charge in [-0.2, -0.15) is 0 Å². The summed E-state index contributed by atoms with van der Waals surface area (Å²) < 4.78 is 5.34. The SMILES string of the molecule is CC(C)N1C=C(CNC2C(O)C(O)C3OC23)C2C(=O)NC(N)=NC21. The Kier molecular flexibility index (Phi) is 3.57. The third kappa shape index (κ3) is 2.31. The molecule has 132 valence electrons. The maximum atomic E-state index is 12.4. The Bertz CT molecular complexity index is 621. The molecule has 4 aliphatic rings. The lowest BCUT2D eigenvalue weighted by Gasteiger charge is -2.32. The van der Waals surface area contributed by atoms with Crippen molar-refractivity contribution >= 4 is 11.9 Å². The van der Waals surface area contributed by atoms with E-state index in [-0.39, 0.29) is 42.3 Å². The summed E-state index contributed by atoms with van der Waals surface area (Å²) in [5.41, 5.74) is 6.58. The van der Waals surface area contributed by atoms with Gasteiger partial charge in [-0.3, -0.25) is 10.1 Å². The van der Waals surface area contributed by atoms with Gasteiger partial charge in [0.05, 0.1) is 6.04 Å². The largest absolute Gasteiger partial charge is 0.389 e. The number of rotatable bonds is 4. The van der Waals surface area contributed by atoms with Crippen molar-refractivity contribution in [2.24, 2.45) is 16.6 Å². The van der Waals surface area contributed by atoms with Gasteiger partial charge in [-0.05, 0) is 19.4 Å². The fraction of sp³-hybridized carbons (Fsp3) is 0.733. The number of carbonyl (C=O) groups is 1. The summed E-state index contributed by atoms with van der Waals surface area (Å²) in [6.45, 7) is 4.47. The number of hydrogen-bond donors (Lipinski definition) is 5. The molecule has 6 N–H and O–H groups in total. The van der Waals surface area contributed by atoms with Gasteiger partial charge in [0.15, 0.2) is 5.96 Å². The van der Waals surface area contributed by atoms with E-state index >= 15 is 0 Å². The molecule has 1 amide bonds. The van der Waals surface area contributed by atoms with Crippen molar-refractivity contribution < 1.29 is 19.7 Å². The molecule has 9 nitrogen and oxygen atoms in total. The first kappa shape index (κ1) is 15.8. The van der Waals surface area contributed by atoms with Crippen LogP contribution in [0.25, 0.3) is 0 Å². The predicted molar refractivity (Wildman–Crippen MR) is 84.6 cm³/mol. The molecule has 2 fully saturated rings. The summed E-state index contributed by atoms with van der Waals surface area (Å²) in [5.74, 6) is -0.444. The molecular weight excluding hydrogens is 314 g/mol. The van der Waals surface area contributed by atoms with Gasteiger partial charge in [0.2, 0.25) is 5.91 Å². The number of nitrogens with one attached hydrogen (secondary N) is 2. The van der Waals surface area contributed by atoms with Crippen molar-refractivity contribution in [3.63, 3.8) is 0 Å². The first-order chi connectivity index (χ1) is 11.4. The molecule has 3 heterocycles. The monoisotopic (exact) mass is 337 g/mol. The molecule has 1 aliphatic carbocycles. The summed E-state index contributed by atoms with van der Waals surface area (Å²) in [4.78, 5) is 18.8. The van der Waals surface area contributed by atoms with Crippen LogP contribution in [0.5, 0.6) is 0 Å². The zero-order valence-corrected chi connectivity index (χ0v) is 13.6. The van der Waals surface area contributed by atoms with Crippen LogP contribution >= 0.6 is 0 Å². The van der Waals surface area contributed by atoms with Crippen LogP contribution in [-0.4, -0.2) is 76.2 Å². The quantitative estimate of drug-likeness (QED) is 0.356. The highest BCUT2D eigenvalue weighted by atomic mass is 16.6. The lowest BCUT2D eigenvalue weighted by molar-refractivity contribution is -0.124. The lowest BCUT2D eigenvalue weighted by atomic mass is 9.96. The number of nitrogens with two attached hydrogens (primary N) is 1. The second kappa shape index (κ2) is 5.41. The normalized spacial score (nSPS) is 43.3. The van der Waals surface area contributed by atoms with Crippen LogP contribution in [0, 0.1) is 5.92 Å². The van der Waals surface area contributed by atoms with Crippen LogP contribution in [0.3, 0.4) is 0 Å². The Morgan fingerprint density at radius 1 is 1.42 bits per heavy atom. The van der Waals surface area contributed by atoms with Gasteiger partial charge in [-0.25, -0.2) is 4.99 Å². The molecule has 0 spiro atoms. The van der Waals surface area contributed by atoms with Crippen LogP contribution in [0.15, 0.2) is 16.8 Å². The highest BCUT2D eigenvalue weighted by molar-refractivity contribution is 6.01. The Morgan fingerprint density at radius 2 is 2.17 bits per heavy atom. The molecule has 9 heteroatoms. The summed E-state index contributed by atoms with van der Waals surface area (Å²) >= 11 is 0. The molecule has 1 saturated heterocycles. The molecule has 7 unspecified atom stereocenters. The van der Waals surface area contributed by atoms with Gasteiger partial charge in [-0.15, -0.1) is 0 Å². The standard InChI is InChI=1S/C15H23N5O4/c1-5(2)20-4-6(7-13(20)18-15(16)19-14(7)23)3-17-8-9(21)10(22)12-11(8)24-12/h4-5,7-13,17,21-22H,3H2,1-2H3,(H3,16,18,19,23). The molecule has 1 saturated carbocycles. The third-order valence-electron chi connectivity index (χ3n) is 5.23. The average molecular weight is 337 g/mol. The topological polar surface area (TPSA) is 136 Å². The van der Waals surface area contributed by atoms with Gasteiger partial charge in [0, 0.05) is 18.8 Å². The highest BCUT2D eigenvalue weighted by Crippen LogP contribution is 2.39. The fourth-order valence-corrected chi connectivity index (χ4v) is 3.92. The minimum Gasteiger partial charge on any atom is -0.389 e. The fourth-order valence-electron chi connectivity index (χ4n) is 3.92. The maximum absolute atomic E-state index is 12.4. The van der Waals surface area contributed by atoms with Gasteiger partial charge in [0.25, 0.3) is 0 Å². The Balaban J connectivity index is 1.50. The molecule has 0 bridgehead atoms. The second-order valence-electron chi connectivity index (χ2n) is 7.09. The second-order valence-corrected chi connectivity index (χ2v) is 7.09. The van der Waals surface area contributed by atoms with Crippen molar-refractivity contribution in [2.75, 3.05) is 6.54 Å². The Labute approximate surface area is 139 Å². The molecule has 3 aliphatic heterocycles. The van der Waals surface area contributed by atoms with E-state index < -0.39 is 18.1 Å². The highest BCUT2D eigenvalue weighted by Gasteiger charge is 2.61. The lowest BCUT2D eigenvalue weighted by Crippen LogP contribution is -2.53. The number of fused-ring (bicyclic) bond motifs is 2. The number of guanidine groups is 1. The molecule has 0 radical (unpaired) electrons. The average Bonchev–Trinajstić information content (AvgIpc) is 3.14. The first-order valence-corrected chi connectivity index (χ1v) is 8.25. The van der Waals surface area contributed by atoms with E-state index in [1.54, 1.807) is 0 Å². The molecule has 7 atom stereocenters. The van der Waals surface area contributed by atoms with Crippen LogP contribution in [-0.2, 0) is 9.53 Å². The van der Waals surface area contributed by atoms with Crippen LogP contribution < -0.4 is 16.4 Å². The molecule has 24 heavy (non-hydrogen) atoms. The number of carbonyl (C=O) groups excluding carboxylic acids is 1. The van der Waals surface area contributed by atoms with E-state index in [0.717, 1.165) is 5.57 Å². The Hall–Kier alpha value is -1.68. The van der Waals surface area contributed by atoms with Crippen molar-refractivity contribution in [1.82, 2.24) is 15.5 Å². The van der Waals surface area contributed by atoms with Crippen LogP contribution in [0.2, 0.25) is 0 Å². The van der Waals surface area contributed by atoms with E-state index in [0.29, 0.717) is 6.54 Å². The summed E-state index contributed by atoms with van der Waals surface area (Å²) in [6.07, 6.45) is -0.550. The van der Waals surface area contributed by atoms with Crippen molar-refractivity contribution in [3.8, 4) is 0 Å². The number of aliphatic imine (C=N–C) groups is 1. The number of epoxide rings is 1. The Morgan fingerprint density at radius 3 is 2.79 bits per heavy atom.